The lowest BCUT2D eigenvalue weighted by atomic mass is 10.0. The third kappa shape index (κ3) is 1.93. The Morgan fingerprint density at radius 2 is 1.74 bits per heavy atom. The largest absolute Gasteiger partial charge is 0.349 e. The van der Waals surface area contributed by atoms with Gasteiger partial charge in [-0.1, -0.05) is 28.1 Å². The molecule has 0 radical (unpaired) electrons. The molecule has 0 amide bonds. The molecule has 2 saturated heterocycles. The Hall–Kier alpha value is -1.16. The Labute approximate surface area is 121 Å². The lowest BCUT2D eigenvalue weighted by molar-refractivity contribution is 0.479. The number of anilines is 1. The lowest BCUT2D eigenvalue weighted by Gasteiger charge is -2.37. The number of benzene rings is 1. The molecule has 4 rings (SSSR count). The first kappa shape index (κ1) is 11.6. The van der Waals surface area contributed by atoms with Crippen LogP contribution in [0, 0.1) is 0 Å². The van der Waals surface area contributed by atoms with E-state index in [1.807, 2.05) is 30.5 Å². The van der Waals surface area contributed by atoms with E-state index in [0.29, 0.717) is 16.9 Å². The third-order valence-electron chi connectivity index (χ3n) is 4.38. The maximum atomic E-state index is 4.81. The van der Waals surface area contributed by atoms with Gasteiger partial charge in [-0.3, -0.25) is 4.98 Å². The van der Waals surface area contributed by atoms with Gasteiger partial charge in [0.25, 0.3) is 0 Å². The van der Waals surface area contributed by atoms with Gasteiger partial charge in [0.15, 0.2) is 0 Å². The molecular formula is C15H16BrN3. The second-order valence-electron chi connectivity index (χ2n) is 5.58. The van der Waals surface area contributed by atoms with Crippen LogP contribution in [-0.4, -0.2) is 26.9 Å². The van der Waals surface area contributed by atoms with E-state index in [-0.39, 0.29) is 0 Å². The van der Waals surface area contributed by atoms with Gasteiger partial charge in [-0.25, -0.2) is 4.98 Å². The number of hydrogen-bond donors (Lipinski definition) is 0. The number of fused-ring (bicyclic) bond motifs is 3. The first-order valence-corrected chi connectivity index (χ1v) is 7.87. The molecule has 2 atom stereocenters. The van der Waals surface area contributed by atoms with Crippen LogP contribution < -0.4 is 4.90 Å². The molecule has 0 spiro atoms. The molecular weight excluding hydrogens is 302 g/mol. The second-order valence-corrected chi connectivity index (χ2v) is 6.87. The van der Waals surface area contributed by atoms with Gasteiger partial charge >= 0.3 is 0 Å². The predicted octanol–water partition coefficient (Wildman–Crippen LogP) is 3.52. The molecule has 0 saturated carbocycles. The maximum absolute atomic E-state index is 4.81. The number of hydrogen-bond acceptors (Lipinski definition) is 3. The summed E-state index contributed by atoms with van der Waals surface area (Å²) in [4.78, 5) is 12.6. The maximum Gasteiger partial charge on any atom is 0.148 e. The Bertz CT molecular complexity index is 601. The number of piperidine rings is 1. The van der Waals surface area contributed by atoms with E-state index in [2.05, 4.69) is 25.8 Å². The second kappa shape index (κ2) is 4.44. The highest BCUT2D eigenvalue weighted by Gasteiger charge is 2.40. The monoisotopic (exact) mass is 317 g/mol. The predicted molar refractivity (Wildman–Crippen MR) is 80.8 cm³/mol. The molecule has 3 heterocycles. The molecule has 0 N–H and O–H groups in total. The van der Waals surface area contributed by atoms with E-state index in [0.717, 1.165) is 16.9 Å². The van der Waals surface area contributed by atoms with Crippen molar-refractivity contribution in [3.05, 3.63) is 30.5 Å². The summed E-state index contributed by atoms with van der Waals surface area (Å²) < 4.78 is 0. The van der Waals surface area contributed by atoms with Gasteiger partial charge in [-0.2, -0.15) is 0 Å². The fourth-order valence-corrected chi connectivity index (χ4v) is 4.42. The number of halogens is 1. The normalized spacial score (nSPS) is 29.9. The van der Waals surface area contributed by atoms with Crippen molar-refractivity contribution in [3.63, 3.8) is 0 Å². The van der Waals surface area contributed by atoms with E-state index >= 15 is 0 Å². The highest BCUT2D eigenvalue weighted by atomic mass is 79.9. The number of para-hydroxylation sites is 2. The van der Waals surface area contributed by atoms with Gasteiger partial charge in [0, 0.05) is 16.9 Å². The minimum atomic E-state index is 0.638. The Morgan fingerprint density at radius 1 is 1.05 bits per heavy atom. The van der Waals surface area contributed by atoms with Crippen LogP contribution in [0.2, 0.25) is 0 Å². The summed E-state index contributed by atoms with van der Waals surface area (Å²) in [6.07, 6.45) is 6.99. The van der Waals surface area contributed by atoms with Crippen LogP contribution in [0.4, 0.5) is 5.82 Å². The summed E-state index contributed by atoms with van der Waals surface area (Å²) in [5, 5.41) is 0. The van der Waals surface area contributed by atoms with E-state index in [4.69, 9.17) is 4.98 Å². The fraction of sp³-hybridized carbons (Fsp3) is 0.467. The summed E-state index contributed by atoms with van der Waals surface area (Å²) in [6.45, 7) is 0. The summed E-state index contributed by atoms with van der Waals surface area (Å²) in [7, 11) is 0. The van der Waals surface area contributed by atoms with Crippen molar-refractivity contribution in [3.8, 4) is 0 Å². The highest BCUT2D eigenvalue weighted by molar-refractivity contribution is 9.09. The molecule has 2 fully saturated rings. The summed E-state index contributed by atoms with van der Waals surface area (Å²) in [5.41, 5.74) is 1.98. The fourth-order valence-electron chi connectivity index (χ4n) is 3.56. The van der Waals surface area contributed by atoms with Crippen LogP contribution >= 0.6 is 15.9 Å². The topological polar surface area (TPSA) is 29.0 Å². The Morgan fingerprint density at radius 3 is 2.47 bits per heavy atom. The van der Waals surface area contributed by atoms with Crippen molar-refractivity contribution in [2.75, 3.05) is 4.90 Å². The molecule has 4 heteroatoms. The third-order valence-corrected chi connectivity index (χ3v) is 5.12. The molecule has 2 aliphatic heterocycles. The average molecular weight is 318 g/mol. The molecule has 2 aromatic rings. The zero-order valence-corrected chi connectivity index (χ0v) is 12.3. The van der Waals surface area contributed by atoms with Gasteiger partial charge in [-0.05, 0) is 37.8 Å². The molecule has 1 aromatic carbocycles. The van der Waals surface area contributed by atoms with Gasteiger partial charge in [-0.15, -0.1) is 0 Å². The zero-order chi connectivity index (χ0) is 12.8. The molecule has 2 bridgehead atoms. The smallest absolute Gasteiger partial charge is 0.148 e. The quantitative estimate of drug-likeness (QED) is 0.753. The molecule has 0 aliphatic carbocycles. The standard InChI is InChI=1S/C15H16BrN3/c16-10-7-11-5-6-12(8-10)19(11)15-9-17-13-3-1-2-4-14(13)18-15/h1-4,9-12H,5-8H2. The zero-order valence-electron chi connectivity index (χ0n) is 10.7. The molecule has 1 aromatic heterocycles. The summed E-state index contributed by atoms with van der Waals surface area (Å²) in [6, 6.07) is 9.38. The van der Waals surface area contributed by atoms with Crippen molar-refractivity contribution in [1.29, 1.82) is 0 Å². The molecule has 2 unspecified atom stereocenters. The van der Waals surface area contributed by atoms with Crippen LogP contribution in [0.3, 0.4) is 0 Å². The highest BCUT2D eigenvalue weighted by Crippen LogP contribution is 2.40. The molecule has 3 nitrogen and oxygen atoms in total. The number of rotatable bonds is 1. The van der Waals surface area contributed by atoms with E-state index < -0.39 is 0 Å². The van der Waals surface area contributed by atoms with Gasteiger partial charge < -0.3 is 4.90 Å². The Balaban J connectivity index is 1.74. The van der Waals surface area contributed by atoms with Crippen molar-refractivity contribution in [1.82, 2.24) is 9.97 Å². The first-order valence-electron chi connectivity index (χ1n) is 6.95. The van der Waals surface area contributed by atoms with Crippen LogP contribution in [0.1, 0.15) is 25.7 Å². The minimum Gasteiger partial charge on any atom is -0.349 e. The van der Waals surface area contributed by atoms with Gasteiger partial charge in [0.2, 0.25) is 0 Å². The minimum absolute atomic E-state index is 0.638. The van der Waals surface area contributed by atoms with Crippen LogP contribution in [0.15, 0.2) is 30.5 Å². The average Bonchev–Trinajstić information content (AvgIpc) is 2.70. The van der Waals surface area contributed by atoms with Gasteiger partial charge in [0.05, 0.1) is 17.2 Å². The summed E-state index contributed by atoms with van der Waals surface area (Å²) in [5.74, 6) is 1.06. The van der Waals surface area contributed by atoms with Gasteiger partial charge in [0.1, 0.15) is 5.82 Å². The van der Waals surface area contributed by atoms with Crippen molar-refractivity contribution >= 4 is 32.8 Å². The van der Waals surface area contributed by atoms with E-state index in [1.165, 1.54) is 25.7 Å². The van der Waals surface area contributed by atoms with Crippen LogP contribution in [-0.2, 0) is 0 Å². The van der Waals surface area contributed by atoms with Crippen LogP contribution in [0.25, 0.3) is 11.0 Å². The number of nitrogens with zero attached hydrogens (tertiary/aromatic N) is 3. The number of aromatic nitrogens is 2. The van der Waals surface area contributed by atoms with E-state index in [1.54, 1.807) is 0 Å². The number of alkyl halides is 1. The summed E-state index contributed by atoms with van der Waals surface area (Å²) >= 11 is 3.79. The van der Waals surface area contributed by atoms with Crippen molar-refractivity contribution in [2.24, 2.45) is 0 Å². The van der Waals surface area contributed by atoms with Crippen LogP contribution in [0.5, 0.6) is 0 Å². The molecule has 19 heavy (non-hydrogen) atoms. The lowest BCUT2D eigenvalue weighted by Crippen LogP contribution is -2.43. The SMILES string of the molecule is BrC1CC2CCC(C1)N2c1cnc2ccccc2n1. The first-order chi connectivity index (χ1) is 9.31. The van der Waals surface area contributed by atoms with Crippen molar-refractivity contribution in [2.45, 2.75) is 42.6 Å². The molecule has 98 valence electrons. The molecule has 2 aliphatic rings. The van der Waals surface area contributed by atoms with E-state index in [9.17, 15) is 0 Å². The van der Waals surface area contributed by atoms with Crippen molar-refractivity contribution < 1.29 is 0 Å². The Kier molecular flexibility index (Phi) is 2.72.